The molecule has 1 aliphatic rings. The lowest BCUT2D eigenvalue weighted by molar-refractivity contribution is 0.0951. The number of aromatic nitrogens is 1. The van der Waals surface area contributed by atoms with Crippen LogP contribution in [0.5, 0.6) is 0 Å². The first-order valence-electron chi connectivity index (χ1n) is 10.2. The fraction of sp³-hybridized carbons (Fsp3) is 0.0385. The van der Waals surface area contributed by atoms with Crippen LogP contribution in [0.2, 0.25) is 0 Å². The zero-order chi connectivity index (χ0) is 21.9. The molecule has 1 aromatic heterocycles. The van der Waals surface area contributed by atoms with Crippen molar-refractivity contribution in [1.82, 2.24) is 10.3 Å². The number of nitrogens with one attached hydrogen (secondary N) is 1. The Morgan fingerprint density at radius 1 is 0.906 bits per heavy atom. The third kappa shape index (κ3) is 4.22. The average molecular weight is 431 g/mol. The summed E-state index contributed by atoms with van der Waals surface area (Å²) in [5, 5.41) is 2.97. The molecule has 152 valence electrons. The fourth-order valence-corrected chi connectivity index (χ4v) is 4.58. The number of carbonyl (C=O) groups excluding carboxylic acids is 1. The van der Waals surface area contributed by atoms with Crippen molar-refractivity contribution in [1.29, 1.82) is 0 Å². The summed E-state index contributed by atoms with van der Waals surface area (Å²) in [6.07, 6.45) is 3.43. The van der Waals surface area contributed by atoms with E-state index in [4.69, 9.17) is 12.8 Å². The van der Waals surface area contributed by atoms with Gasteiger partial charge in [0.15, 0.2) is 0 Å². The number of hydrogen-bond acceptors (Lipinski definition) is 4. The van der Waals surface area contributed by atoms with Crippen LogP contribution < -0.4 is 10.8 Å². The molecular formula is C26H18BN3OS. The Labute approximate surface area is 192 Å². The van der Waals surface area contributed by atoms with E-state index in [1.165, 1.54) is 0 Å². The second kappa shape index (κ2) is 8.85. The van der Waals surface area contributed by atoms with Crippen molar-refractivity contribution in [3.05, 3.63) is 114 Å². The highest BCUT2D eigenvalue weighted by Gasteiger charge is 2.20. The number of rotatable bonds is 4. The molecule has 0 saturated carbocycles. The van der Waals surface area contributed by atoms with Crippen molar-refractivity contribution in [3.63, 3.8) is 0 Å². The van der Waals surface area contributed by atoms with Crippen LogP contribution in [0.3, 0.4) is 0 Å². The van der Waals surface area contributed by atoms with Crippen LogP contribution in [-0.4, -0.2) is 24.4 Å². The van der Waals surface area contributed by atoms with Gasteiger partial charge in [-0.15, -0.1) is 0 Å². The highest BCUT2D eigenvalue weighted by molar-refractivity contribution is 7.99. The van der Waals surface area contributed by atoms with Crippen LogP contribution in [-0.2, 0) is 6.54 Å². The quantitative estimate of drug-likeness (QED) is 0.428. The van der Waals surface area contributed by atoms with Gasteiger partial charge < -0.3 is 5.32 Å². The minimum absolute atomic E-state index is 0.142. The predicted molar refractivity (Wildman–Crippen MR) is 130 cm³/mol. The minimum atomic E-state index is -0.142. The van der Waals surface area contributed by atoms with Gasteiger partial charge in [-0.25, -0.2) is 4.99 Å². The van der Waals surface area contributed by atoms with Crippen LogP contribution in [0.1, 0.15) is 27.0 Å². The molecule has 2 radical (unpaired) electrons. The molecule has 6 heteroatoms. The largest absolute Gasteiger partial charge is 0.348 e. The Morgan fingerprint density at radius 2 is 1.75 bits per heavy atom. The molecule has 32 heavy (non-hydrogen) atoms. The van der Waals surface area contributed by atoms with E-state index >= 15 is 0 Å². The second-order valence-electron chi connectivity index (χ2n) is 7.40. The van der Waals surface area contributed by atoms with E-state index < -0.39 is 0 Å². The third-order valence-electron chi connectivity index (χ3n) is 5.18. The molecule has 0 aliphatic carbocycles. The van der Waals surface area contributed by atoms with E-state index in [1.54, 1.807) is 24.2 Å². The summed E-state index contributed by atoms with van der Waals surface area (Å²) in [5.41, 5.74) is 5.84. The molecule has 1 N–H and O–H groups in total. The maximum atomic E-state index is 12.8. The molecule has 5 rings (SSSR count). The van der Waals surface area contributed by atoms with Crippen LogP contribution in [0, 0.1) is 0 Å². The van der Waals surface area contributed by atoms with Gasteiger partial charge in [-0.05, 0) is 42.0 Å². The molecular weight excluding hydrogens is 413 g/mol. The minimum Gasteiger partial charge on any atom is -0.348 e. The Hall–Kier alpha value is -3.64. The molecule has 0 saturated heterocycles. The normalized spacial score (nSPS) is 12.2. The maximum Gasteiger partial charge on any atom is 0.251 e. The highest BCUT2D eigenvalue weighted by atomic mass is 32.2. The summed E-state index contributed by atoms with van der Waals surface area (Å²) in [7, 11) is 6.05. The van der Waals surface area contributed by atoms with Crippen molar-refractivity contribution >= 4 is 42.4 Å². The average Bonchev–Trinajstić information content (AvgIpc) is 2.99. The SMILES string of the molecule is [B]c1cccc(C2=Nc3cc(C(=O)NCc4ccncc4)ccc3Sc3ccccc32)c1. The number of hydrogen-bond donors (Lipinski definition) is 1. The molecule has 1 aliphatic heterocycles. The third-order valence-corrected chi connectivity index (χ3v) is 6.32. The fourth-order valence-electron chi connectivity index (χ4n) is 3.57. The van der Waals surface area contributed by atoms with Crippen molar-refractivity contribution in [2.24, 2.45) is 4.99 Å². The standard InChI is InChI=1S/C26H18BN3OS/c27-20-5-3-4-18(14-20)25-21-6-1-2-7-23(21)32-24-9-8-19(15-22(24)30-25)26(31)29-16-17-10-12-28-13-11-17/h1-15H,16H2,(H,29,31). The zero-order valence-electron chi connectivity index (χ0n) is 17.2. The Kier molecular flexibility index (Phi) is 5.61. The van der Waals surface area contributed by atoms with E-state index in [0.29, 0.717) is 17.6 Å². The van der Waals surface area contributed by atoms with Gasteiger partial charge in [-0.3, -0.25) is 9.78 Å². The summed E-state index contributed by atoms with van der Waals surface area (Å²) in [4.78, 5) is 23.9. The number of aliphatic imine (C=N–C) groups is 1. The first kappa shape index (κ1) is 20.3. The summed E-state index contributed by atoms with van der Waals surface area (Å²) < 4.78 is 0. The predicted octanol–water partition coefficient (Wildman–Crippen LogP) is 4.44. The molecule has 0 fully saturated rings. The van der Waals surface area contributed by atoms with Gasteiger partial charge in [0, 0.05) is 45.4 Å². The van der Waals surface area contributed by atoms with Gasteiger partial charge in [-0.2, -0.15) is 0 Å². The molecule has 3 aromatic carbocycles. The lowest BCUT2D eigenvalue weighted by atomic mass is 9.91. The van der Waals surface area contributed by atoms with Crippen LogP contribution in [0.25, 0.3) is 0 Å². The molecule has 0 bridgehead atoms. The van der Waals surface area contributed by atoms with Crippen LogP contribution >= 0.6 is 11.8 Å². The van der Waals surface area contributed by atoms with Crippen molar-refractivity contribution in [2.45, 2.75) is 16.3 Å². The smallest absolute Gasteiger partial charge is 0.251 e. The van der Waals surface area contributed by atoms with E-state index in [1.807, 2.05) is 66.7 Å². The number of pyridine rings is 1. The molecule has 0 atom stereocenters. The van der Waals surface area contributed by atoms with Gasteiger partial charge in [0.2, 0.25) is 0 Å². The Bertz CT molecular complexity index is 1340. The number of carbonyl (C=O) groups is 1. The van der Waals surface area contributed by atoms with E-state index in [9.17, 15) is 4.79 Å². The monoisotopic (exact) mass is 431 g/mol. The van der Waals surface area contributed by atoms with Gasteiger partial charge in [-0.1, -0.05) is 59.7 Å². The molecule has 2 heterocycles. The van der Waals surface area contributed by atoms with Gasteiger partial charge in [0.25, 0.3) is 5.91 Å². The van der Waals surface area contributed by atoms with Crippen molar-refractivity contribution in [2.75, 3.05) is 0 Å². The van der Waals surface area contributed by atoms with Crippen molar-refractivity contribution < 1.29 is 4.79 Å². The van der Waals surface area contributed by atoms with Gasteiger partial charge >= 0.3 is 0 Å². The number of fused-ring (bicyclic) bond motifs is 2. The molecule has 1 amide bonds. The summed E-state index contributed by atoms with van der Waals surface area (Å²) in [6.45, 7) is 0.441. The molecule has 4 aromatic rings. The summed E-state index contributed by atoms with van der Waals surface area (Å²) in [5.74, 6) is -0.142. The van der Waals surface area contributed by atoms with Gasteiger partial charge in [0.1, 0.15) is 7.85 Å². The number of nitrogens with zero attached hydrogens (tertiary/aromatic N) is 2. The second-order valence-corrected chi connectivity index (χ2v) is 8.49. The van der Waals surface area contributed by atoms with Crippen molar-refractivity contribution in [3.8, 4) is 0 Å². The van der Waals surface area contributed by atoms with E-state index in [2.05, 4.69) is 22.4 Å². The number of amides is 1. The molecule has 0 unspecified atom stereocenters. The van der Waals surface area contributed by atoms with E-state index in [-0.39, 0.29) is 5.91 Å². The number of benzene rings is 3. The van der Waals surface area contributed by atoms with Crippen LogP contribution in [0.4, 0.5) is 5.69 Å². The molecule has 4 nitrogen and oxygen atoms in total. The Balaban J connectivity index is 1.52. The first-order valence-corrected chi connectivity index (χ1v) is 11.0. The zero-order valence-corrected chi connectivity index (χ0v) is 18.0. The summed E-state index contributed by atoms with van der Waals surface area (Å²) in [6, 6.07) is 25.3. The maximum absolute atomic E-state index is 12.8. The first-order chi connectivity index (χ1) is 15.7. The van der Waals surface area contributed by atoms with E-state index in [0.717, 1.165) is 37.9 Å². The lowest BCUT2D eigenvalue weighted by Gasteiger charge is -2.09. The lowest BCUT2D eigenvalue weighted by Crippen LogP contribution is -2.22. The van der Waals surface area contributed by atoms with Crippen LogP contribution in [0.15, 0.2) is 106 Å². The van der Waals surface area contributed by atoms with Gasteiger partial charge in [0.05, 0.1) is 11.4 Å². The molecule has 0 spiro atoms. The summed E-state index contributed by atoms with van der Waals surface area (Å²) >= 11 is 1.65. The topological polar surface area (TPSA) is 54.4 Å². The Morgan fingerprint density at radius 3 is 2.59 bits per heavy atom. The highest BCUT2D eigenvalue weighted by Crippen LogP contribution is 2.41.